The van der Waals surface area contributed by atoms with Crippen LogP contribution in [-0.4, -0.2) is 46.1 Å². The topological polar surface area (TPSA) is 58.4 Å². The molecule has 6 nitrogen and oxygen atoms in total. The standard InChI is InChI=1S/C22H28N4O2/c1-15-6-7-19(11-16(15)2)26-14-18(12-21(26)27)22(28)25-9-4-5-17(13-25)20-8-10-24(3)23-20/h6-8,10-11,17-18H,4-5,9,12-14H2,1-3H3/t17-,18+/m0/s1. The van der Waals surface area contributed by atoms with E-state index in [-0.39, 0.29) is 23.7 Å². The van der Waals surface area contributed by atoms with Crippen LogP contribution in [0, 0.1) is 19.8 Å². The third-order valence-electron chi connectivity index (χ3n) is 6.16. The summed E-state index contributed by atoms with van der Waals surface area (Å²) in [6, 6.07) is 8.09. The van der Waals surface area contributed by atoms with Crippen molar-refractivity contribution in [3.8, 4) is 0 Å². The molecule has 0 bridgehead atoms. The van der Waals surface area contributed by atoms with Crippen molar-refractivity contribution in [2.24, 2.45) is 13.0 Å². The number of aromatic nitrogens is 2. The van der Waals surface area contributed by atoms with Gasteiger partial charge in [-0.15, -0.1) is 0 Å². The lowest BCUT2D eigenvalue weighted by Crippen LogP contribution is -2.43. The van der Waals surface area contributed by atoms with E-state index in [1.165, 1.54) is 5.56 Å². The molecule has 2 atom stereocenters. The number of aryl methyl sites for hydroxylation is 3. The number of likely N-dealkylation sites (tertiary alicyclic amines) is 1. The molecule has 0 aliphatic carbocycles. The minimum Gasteiger partial charge on any atom is -0.342 e. The summed E-state index contributed by atoms with van der Waals surface area (Å²) in [4.78, 5) is 29.5. The van der Waals surface area contributed by atoms with Crippen molar-refractivity contribution in [1.29, 1.82) is 0 Å². The van der Waals surface area contributed by atoms with E-state index in [1.54, 1.807) is 4.90 Å². The molecule has 4 rings (SSSR count). The van der Waals surface area contributed by atoms with Crippen molar-refractivity contribution in [2.75, 3.05) is 24.5 Å². The van der Waals surface area contributed by atoms with Crippen LogP contribution < -0.4 is 4.90 Å². The van der Waals surface area contributed by atoms with Gasteiger partial charge in [0.05, 0.1) is 11.6 Å². The van der Waals surface area contributed by atoms with Crippen LogP contribution in [0.5, 0.6) is 0 Å². The van der Waals surface area contributed by atoms with Gasteiger partial charge in [-0.2, -0.15) is 5.10 Å². The van der Waals surface area contributed by atoms with Crippen molar-refractivity contribution in [3.63, 3.8) is 0 Å². The van der Waals surface area contributed by atoms with Crippen LogP contribution in [0.2, 0.25) is 0 Å². The molecule has 0 spiro atoms. The smallest absolute Gasteiger partial charge is 0.228 e. The minimum absolute atomic E-state index is 0.0416. The summed E-state index contributed by atoms with van der Waals surface area (Å²) >= 11 is 0. The molecule has 0 unspecified atom stereocenters. The zero-order valence-electron chi connectivity index (χ0n) is 16.9. The molecule has 2 saturated heterocycles. The molecular formula is C22H28N4O2. The van der Waals surface area contributed by atoms with Crippen LogP contribution in [0.25, 0.3) is 0 Å². The number of carbonyl (C=O) groups excluding carboxylic acids is 2. The average molecular weight is 380 g/mol. The molecule has 2 aliphatic heterocycles. The summed E-state index contributed by atoms with van der Waals surface area (Å²) in [5, 5.41) is 4.52. The van der Waals surface area contributed by atoms with Gasteiger partial charge in [-0.1, -0.05) is 6.07 Å². The molecule has 0 saturated carbocycles. The maximum Gasteiger partial charge on any atom is 0.228 e. The van der Waals surface area contributed by atoms with Gasteiger partial charge in [0.1, 0.15) is 0 Å². The molecule has 2 aliphatic rings. The van der Waals surface area contributed by atoms with Crippen LogP contribution in [0.1, 0.15) is 42.0 Å². The van der Waals surface area contributed by atoms with Crippen LogP contribution in [0.15, 0.2) is 30.5 Å². The predicted molar refractivity (Wildman–Crippen MR) is 108 cm³/mol. The van der Waals surface area contributed by atoms with E-state index in [1.807, 2.05) is 54.0 Å². The number of piperidine rings is 1. The fraction of sp³-hybridized carbons (Fsp3) is 0.500. The molecule has 3 heterocycles. The Balaban J connectivity index is 1.44. The second-order valence-electron chi connectivity index (χ2n) is 8.21. The van der Waals surface area contributed by atoms with Gasteiger partial charge in [-0.05, 0) is 56.0 Å². The molecule has 6 heteroatoms. The van der Waals surface area contributed by atoms with Gasteiger partial charge in [0.15, 0.2) is 0 Å². The van der Waals surface area contributed by atoms with E-state index in [4.69, 9.17) is 0 Å². The molecule has 2 amide bonds. The highest BCUT2D eigenvalue weighted by molar-refractivity contribution is 6.00. The third-order valence-corrected chi connectivity index (χ3v) is 6.16. The quantitative estimate of drug-likeness (QED) is 0.823. The lowest BCUT2D eigenvalue weighted by molar-refractivity contribution is -0.137. The van der Waals surface area contributed by atoms with Crippen molar-refractivity contribution in [2.45, 2.75) is 39.0 Å². The zero-order valence-corrected chi connectivity index (χ0v) is 16.9. The SMILES string of the molecule is Cc1ccc(N2C[C@H](C(=O)N3CCC[C@H](c4ccn(C)n4)C3)CC2=O)cc1C. The van der Waals surface area contributed by atoms with E-state index in [9.17, 15) is 9.59 Å². The predicted octanol–water partition coefficient (Wildman–Crippen LogP) is 2.80. The Hall–Kier alpha value is -2.63. The molecule has 0 radical (unpaired) electrons. The highest BCUT2D eigenvalue weighted by Crippen LogP contribution is 2.31. The molecular weight excluding hydrogens is 352 g/mol. The fourth-order valence-corrected chi connectivity index (χ4v) is 4.34. The normalized spacial score (nSPS) is 22.8. The Labute approximate surface area is 166 Å². The maximum absolute atomic E-state index is 13.1. The van der Waals surface area contributed by atoms with Crippen molar-refractivity contribution >= 4 is 17.5 Å². The first-order valence-corrected chi connectivity index (χ1v) is 10.1. The molecule has 0 N–H and O–H groups in total. The molecule has 1 aromatic heterocycles. The van der Waals surface area contributed by atoms with Gasteiger partial charge in [0.25, 0.3) is 0 Å². The van der Waals surface area contributed by atoms with E-state index < -0.39 is 0 Å². The van der Waals surface area contributed by atoms with Crippen molar-refractivity contribution < 1.29 is 9.59 Å². The summed E-state index contributed by atoms with van der Waals surface area (Å²) in [7, 11) is 1.92. The van der Waals surface area contributed by atoms with Crippen LogP contribution in [0.4, 0.5) is 5.69 Å². The Morgan fingerprint density at radius 1 is 1.14 bits per heavy atom. The molecule has 2 aromatic rings. The number of hydrogen-bond acceptors (Lipinski definition) is 3. The van der Waals surface area contributed by atoms with Crippen LogP contribution >= 0.6 is 0 Å². The Morgan fingerprint density at radius 2 is 1.96 bits per heavy atom. The number of carbonyl (C=O) groups is 2. The van der Waals surface area contributed by atoms with Crippen LogP contribution in [-0.2, 0) is 16.6 Å². The second kappa shape index (κ2) is 7.41. The van der Waals surface area contributed by atoms with Crippen molar-refractivity contribution in [1.82, 2.24) is 14.7 Å². The maximum atomic E-state index is 13.1. The van der Waals surface area contributed by atoms with E-state index in [2.05, 4.69) is 12.0 Å². The van der Waals surface area contributed by atoms with Crippen molar-refractivity contribution in [3.05, 3.63) is 47.3 Å². The van der Waals surface area contributed by atoms with Gasteiger partial charge in [0.2, 0.25) is 11.8 Å². The Kier molecular flexibility index (Phi) is 4.96. The first-order chi connectivity index (χ1) is 13.4. The number of benzene rings is 1. The number of rotatable bonds is 3. The Morgan fingerprint density at radius 3 is 2.68 bits per heavy atom. The lowest BCUT2D eigenvalue weighted by atomic mass is 9.93. The Bertz CT molecular complexity index is 904. The summed E-state index contributed by atoms with van der Waals surface area (Å²) in [5.74, 6) is 0.184. The molecule has 1 aromatic carbocycles. The first-order valence-electron chi connectivity index (χ1n) is 10.1. The summed E-state index contributed by atoms with van der Waals surface area (Å²) in [6.07, 6.45) is 4.29. The minimum atomic E-state index is -0.253. The zero-order chi connectivity index (χ0) is 19.8. The van der Waals surface area contributed by atoms with Gasteiger partial charge in [-0.3, -0.25) is 14.3 Å². The first kappa shape index (κ1) is 18.7. The lowest BCUT2D eigenvalue weighted by Gasteiger charge is -2.33. The third kappa shape index (κ3) is 3.55. The molecule has 28 heavy (non-hydrogen) atoms. The number of amides is 2. The van der Waals surface area contributed by atoms with Gasteiger partial charge in [-0.25, -0.2) is 0 Å². The molecule has 148 valence electrons. The monoisotopic (exact) mass is 380 g/mol. The largest absolute Gasteiger partial charge is 0.342 e. The highest BCUT2D eigenvalue weighted by atomic mass is 16.2. The number of anilines is 1. The van der Waals surface area contributed by atoms with Gasteiger partial charge in [0, 0.05) is 50.9 Å². The fourth-order valence-electron chi connectivity index (χ4n) is 4.34. The van der Waals surface area contributed by atoms with E-state index in [0.717, 1.165) is 36.3 Å². The second-order valence-corrected chi connectivity index (χ2v) is 8.21. The highest BCUT2D eigenvalue weighted by Gasteiger charge is 2.38. The number of hydrogen-bond donors (Lipinski definition) is 0. The van der Waals surface area contributed by atoms with E-state index >= 15 is 0 Å². The van der Waals surface area contributed by atoms with Crippen LogP contribution in [0.3, 0.4) is 0 Å². The average Bonchev–Trinajstić information content (AvgIpc) is 3.29. The molecule has 2 fully saturated rings. The number of nitrogens with zero attached hydrogens (tertiary/aromatic N) is 4. The van der Waals surface area contributed by atoms with E-state index in [0.29, 0.717) is 19.5 Å². The van der Waals surface area contributed by atoms with Gasteiger partial charge < -0.3 is 9.80 Å². The van der Waals surface area contributed by atoms with Gasteiger partial charge >= 0.3 is 0 Å². The summed E-state index contributed by atoms with van der Waals surface area (Å²) < 4.78 is 1.81. The summed E-state index contributed by atoms with van der Waals surface area (Å²) in [5.41, 5.74) is 4.32. The summed E-state index contributed by atoms with van der Waals surface area (Å²) in [6.45, 7) is 6.06.